The molecular weight excluding hydrogens is 294 g/mol. The van der Waals surface area contributed by atoms with Crippen molar-refractivity contribution in [2.45, 2.75) is 46.3 Å². The van der Waals surface area contributed by atoms with Gasteiger partial charge < -0.3 is 14.8 Å². The molecule has 1 aromatic carbocycles. The molecule has 0 heterocycles. The molecule has 128 valence electrons. The lowest BCUT2D eigenvalue weighted by Gasteiger charge is -2.21. The Morgan fingerprint density at radius 3 is 2.26 bits per heavy atom. The maximum absolute atomic E-state index is 12.3. The summed E-state index contributed by atoms with van der Waals surface area (Å²) in [6.45, 7) is 8.26. The number of ether oxygens (including phenoxy) is 2. The second-order valence-corrected chi connectivity index (χ2v) is 6.12. The third-order valence-electron chi connectivity index (χ3n) is 3.44. The van der Waals surface area contributed by atoms with E-state index in [1.165, 1.54) is 7.11 Å². The van der Waals surface area contributed by atoms with Crippen LogP contribution < -0.4 is 5.32 Å². The molecule has 0 aliphatic carbocycles. The predicted octanol–water partition coefficient (Wildman–Crippen LogP) is 2.78. The van der Waals surface area contributed by atoms with Gasteiger partial charge in [-0.1, -0.05) is 43.7 Å². The van der Waals surface area contributed by atoms with E-state index in [4.69, 9.17) is 9.47 Å². The van der Waals surface area contributed by atoms with Gasteiger partial charge >= 0.3 is 5.97 Å². The van der Waals surface area contributed by atoms with Gasteiger partial charge in [0.1, 0.15) is 6.10 Å². The first-order valence-electron chi connectivity index (χ1n) is 7.88. The molecule has 0 aromatic heterocycles. The number of amides is 1. The standard InChI is InChI=1S/C18H27NO4/c1-12(2)11-23-14(4)18(21)19-16(10-17(20)22-5)15-8-6-13(3)7-9-15/h6-9,12,14,16H,10-11H2,1-5H3,(H,19,21)/t14-,16-/m1/s1. The summed E-state index contributed by atoms with van der Waals surface area (Å²) < 4.78 is 10.2. The van der Waals surface area contributed by atoms with Crippen LogP contribution in [0.25, 0.3) is 0 Å². The molecule has 0 spiro atoms. The average molecular weight is 321 g/mol. The molecule has 0 fully saturated rings. The molecule has 0 radical (unpaired) electrons. The molecule has 0 saturated carbocycles. The van der Waals surface area contributed by atoms with Crippen molar-refractivity contribution in [1.29, 1.82) is 0 Å². The van der Waals surface area contributed by atoms with Crippen molar-refractivity contribution in [3.63, 3.8) is 0 Å². The molecule has 0 saturated heterocycles. The molecule has 1 N–H and O–H groups in total. The highest BCUT2D eigenvalue weighted by Gasteiger charge is 2.22. The third-order valence-corrected chi connectivity index (χ3v) is 3.44. The second kappa shape index (κ2) is 9.30. The molecule has 23 heavy (non-hydrogen) atoms. The quantitative estimate of drug-likeness (QED) is 0.748. The molecule has 0 aliphatic heterocycles. The molecule has 0 aliphatic rings. The zero-order valence-corrected chi connectivity index (χ0v) is 14.6. The van der Waals surface area contributed by atoms with E-state index in [-0.39, 0.29) is 18.3 Å². The predicted molar refractivity (Wildman–Crippen MR) is 88.9 cm³/mol. The van der Waals surface area contributed by atoms with Crippen LogP contribution in [-0.2, 0) is 19.1 Å². The molecule has 0 unspecified atom stereocenters. The highest BCUT2D eigenvalue weighted by molar-refractivity contribution is 5.81. The van der Waals surface area contributed by atoms with Crippen LogP contribution in [0.4, 0.5) is 0 Å². The summed E-state index contributed by atoms with van der Waals surface area (Å²) in [4.78, 5) is 23.9. The van der Waals surface area contributed by atoms with E-state index in [9.17, 15) is 9.59 Å². The Morgan fingerprint density at radius 2 is 1.74 bits per heavy atom. The summed E-state index contributed by atoms with van der Waals surface area (Å²) in [5, 5.41) is 2.88. The largest absolute Gasteiger partial charge is 0.469 e. The van der Waals surface area contributed by atoms with Crippen molar-refractivity contribution < 1.29 is 19.1 Å². The number of rotatable bonds is 8. The molecule has 1 amide bonds. The van der Waals surface area contributed by atoms with E-state index in [1.54, 1.807) is 6.92 Å². The Morgan fingerprint density at radius 1 is 1.13 bits per heavy atom. The zero-order chi connectivity index (χ0) is 17.4. The summed E-state index contributed by atoms with van der Waals surface area (Å²) >= 11 is 0. The van der Waals surface area contributed by atoms with Gasteiger partial charge in [0.05, 0.1) is 19.6 Å². The number of esters is 1. The smallest absolute Gasteiger partial charge is 0.307 e. The van der Waals surface area contributed by atoms with Crippen LogP contribution in [0.2, 0.25) is 0 Å². The Kier molecular flexibility index (Phi) is 7.75. The maximum Gasteiger partial charge on any atom is 0.307 e. The van der Waals surface area contributed by atoms with Crippen molar-refractivity contribution in [2.75, 3.05) is 13.7 Å². The number of carbonyl (C=O) groups is 2. The lowest BCUT2D eigenvalue weighted by Crippen LogP contribution is -2.38. The highest BCUT2D eigenvalue weighted by atomic mass is 16.5. The highest BCUT2D eigenvalue weighted by Crippen LogP contribution is 2.18. The minimum atomic E-state index is -0.567. The van der Waals surface area contributed by atoms with Crippen LogP contribution in [0.5, 0.6) is 0 Å². The van der Waals surface area contributed by atoms with Gasteiger partial charge in [-0.2, -0.15) is 0 Å². The lowest BCUT2D eigenvalue weighted by atomic mass is 10.0. The van der Waals surface area contributed by atoms with Crippen LogP contribution in [0.15, 0.2) is 24.3 Å². The number of methoxy groups -OCH3 is 1. The van der Waals surface area contributed by atoms with E-state index in [1.807, 2.05) is 45.0 Å². The monoisotopic (exact) mass is 321 g/mol. The first-order valence-corrected chi connectivity index (χ1v) is 7.88. The number of carbonyl (C=O) groups excluding carboxylic acids is 2. The second-order valence-electron chi connectivity index (χ2n) is 6.12. The fourth-order valence-corrected chi connectivity index (χ4v) is 2.00. The minimum Gasteiger partial charge on any atom is -0.469 e. The fraction of sp³-hybridized carbons (Fsp3) is 0.556. The van der Waals surface area contributed by atoms with Gasteiger partial charge in [-0.05, 0) is 25.3 Å². The van der Waals surface area contributed by atoms with Crippen molar-refractivity contribution >= 4 is 11.9 Å². The summed E-state index contributed by atoms with van der Waals surface area (Å²) in [5.74, 6) is -0.250. The number of nitrogens with one attached hydrogen (secondary N) is 1. The first-order chi connectivity index (χ1) is 10.8. The van der Waals surface area contributed by atoms with Crippen LogP contribution in [-0.4, -0.2) is 31.7 Å². The van der Waals surface area contributed by atoms with Crippen molar-refractivity contribution in [1.82, 2.24) is 5.32 Å². The molecule has 1 rings (SSSR count). The van der Waals surface area contributed by atoms with Gasteiger partial charge in [0.25, 0.3) is 0 Å². The fourth-order valence-electron chi connectivity index (χ4n) is 2.00. The van der Waals surface area contributed by atoms with E-state index < -0.39 is 12.1 Å². The van der Waals surface area contributed by atoms with Gasteiger partial charge in [0.2, 0.25) is 5.91 Å². The normalized spacial score (nSPS) is 13.5. The van der Waals surface area contributed by atoms with Crippen LogP contribution in [0, 0.1) is 12.8 Å². The average Bonchev–Trinajstić information content (AvgIpc) is 2.52. The Labute approximate surface area is 138 Å². The lowest BCUT2D eigenvalue weighted by molar-refractivity contribution is -0.141. The van der Waals surface area contributed by atoms with Crippen LogP contribution in [0.3, 0.4) is 0 Å². The summed E-state index contributed by atoms with van der Waals surface area (Å²) in [5.41, 5.74) is 1.98. The van der Waals surface area contributed by atoms with Gasteiger partial charge in [-0.3, -0.25) is 9.59 Å². The maximum atomic E-state index is 12.3. The Bertz CT molecular complexity index is 510. The SMILES string of the molecule is COC(=O)C[C@@H](NC(=O)[C@@H](C)OCC(C)C)c1ccc(C)cc1. The van der Waals surface area contributed by atoms with Crippen LogP contribution in [0.1, 0.15) is 44.4 Å². The molecular formula is C18H27NO4. The van der Waals surface area contributed by atoms with Gasteiger partial charge in [-0.15, -0.1) is 0 Å². The van der Waals surface area contributed by atoms with Crippen LogP contribution >= 0.6 is 0 Å². The third kappa shape index (κ3) is 6.82. The number of aryl methyl sites for hydroxylation is 1. The van der Waals surface area contributed by atoms with Gasteiger partial charge in [0, 0.05) is 6.61 Å². The first kappa shape index (κ1) is 19.2. The summed E-state index contributed by atoms with van der Waals surface area (Å²) in [6.07, 6.45) is -0.481. The van der Waals surface area contributed by atoms with E-state index in [2.05, 4.69) is 5.32 Å². The summed E-state index contributed by atoms with van der Waals surface area (Å²) in [6, 6.07) is 7.28. The summed E-state index contributed by atoms with van der Waals surface area (Å²) in [7, 11) is 1.34. The molecule has 0 bridgehead atoms. The number of benzene rings is 1. The van der Waals surface area contributed by atoms with E-state index in [0.717, 1.165) is 11.1 Å². The number of hydrogen-bond acceptors (Lipinski definition) is 4. The Balaban J connectivity index is 2.78. The van der Waals surface area contributed by atoms with Gasteiger partial charge in [-0.25, -0.2) is 0 Å². The molecule has 2 atom stereocenters. The van der Waals surface area contributed by atoms with Crippen molar-refractivity contribution in [2.24, 2.45) is 5.92 Å². The Hall–Kier alpha value is -1.88. The van der Waals surface area contributed by atoms with Gasteiger partial charge in [0.15, 0.2) is 0 Å². The molecule has 1 aromatic rings. The van der Waals surface area contributed by atoms with Crippen molar-refractivity contribution in [3.8, 4) is 0 Å². The molecule has 5 nitrogen and oxygen atoms in total. The number of hydrogen-bond donors (Lipinski definition) is 1. The van der Waals surface area contributed by atoms with E-state index >= 15 is 0 Å². The minimum absolute atomic E-state index is 0.0855. The van der Waals surface area contributed by atoms with Crippen molar-refractivity contribution in [3.05, 3.63) is 35.4 Å². The zero-order valence-electron chi connectivity index (χ0n) is 14.6. The van der Waals surface area contributed by atoms with E-state index in [0.29, 0.717) is 12.5 Å². The molecule has 5 heteroatoms. The topological polar surface area (TPSA) is 64.6 Å².